The number of nitrogens with zero attached hydrogens (tertiary/aromatic N) is 3. The highest BCUT2D eigenvalue weighted by Crippen LogP contribution is 2.22. The minimum atomic E-state index is -0.367. The maximum Gasteiger partial charge on any atom is 0.343 e. The first-order valence-electron chi connectivity index (χ1n) is 9.32. The largest absolute Gasteiger partial charge is 0.462 e. The average Bonchev–Trinajstić information content (AvgIpc) is 3.17. The average molecular weight is 348 g/mol. The van der Waals surface area contributed by atoms with Crippen molar-refractivity contribution in [2.24, 2.45) is 0 Å². The van der Waals surface area contributed by atoms with Gasteiger partial charge in [0.25, 0.3) is 0 Å². The van der Waals surface area contributed by atoms with Crippen LogP contribution in [0.5, 0.6) is 0 Å². The Balaban J connectivity index is 1.64. The molecule has 1 aromatic rings. The lowest BCUT2D eigenvalue weighted by Crippen LogP contribution is -2.45. The first-order chi connectivity index (χ1) is 12.2. The summed E-state index contributed by atoms with van der Waals surface area (Å²) in [4.78, 5) is 23.5. The van der Waals surface area contributed by atoms with Gasteiger partial charge in [0.05, 0.1) is 13.2 Å². The first kappa shape index (κ1) is 18.1. The molecule has 3 heterocycles. The van der Waals surface area contributed by atoms with E-state index < -0.39 is 0 Å². The van der Waals surface area contributed by atoms with Crippen LogP contribution >= 0.6 is 0 Å². The third-order valence-corrected chi connectivity index (χ3v) is 4.94. The van der Waals surface area contributed by atoms with Gasteiger partial charge in [-0.3, -0.25) is 4.90 Å². The summed E-state index contributed by atoms with van der Waals surface area (Å²) in [6.07, 6.45) is 5.51. The molecule has 0 bridgehead atoms. The number of carbonyl (C=O) groups excluding carboxylic acids is 1. The lowest BCUT2D eigenvalue weighted by Gasteiger charge is -2.35. The van der Waals surface area contributed by atoms with E-state index in [1.54, 1.807) is 13.1 Å². The number of esters is 1. The van der Waals surface area contributed by atoms with Crippen molar-refractivity contribution in [3.63, 3.8) is 0 Å². The molecule has 0 spiro atoms. The van der Waals surface area contributed by atoms with Crippen LogP contribution in [0.1, 0.15) is 49.3 Å². The van der Waals surface area contributed by atoms with Crippen LogP contribution in [0.3, 0.4) is 0 Å². The second-order valence-electron chi connectivity index (χ2n) is 6.59. The topological polar surface area (TPSA) is 76.6 Å². The van der Waals surface area contributed by atoms with Crippen LogP contribution in [0.2, 0.25) is 0 Å². The van der Waals surface area contributed by atoms with Gasteiger partial charge < -0.3 is 14.8 Å². The van der Waals surface area contributed by atoms with Gasteiger partial charge >= 0.3 is 5.97 Å². The van der Waals surface area contributed by atoms with Gasteiger partial charge in [-0.2, -0.15) is 0 Å². The molecule has 0 amide bonds. The molecule has 1 aromatic heterocycles. The molecule has 0 aliphatic carbocycles. The fraction of sp³-hybridized carbons (Fsp3) is 0.722. The fourth-order valence-corrected chi connectivity index (χ4v) is 3.47. The van der Waals surface area contributed by atoms with Crippen LogP contribution in [-0.2, 0) is 15.9 Å². The van der Waals surface area contributed by atoms with Gasteiger partial charge in [-0.25, -0.2) is 14.8 Å². The minimum absolute atomic E-state index is 0.311. The molecule has 3 rings (SSSR count). The van der Waals surface area contributed by atoms with Crippen LogP contribution in [0.4, 0.5) is 5.82 Å². The summed E-state index contributed by atoms with van der Waals surface area (Å²) in [5.74, 6) is 0.970. The zero-order chi connectivity index (χ0) is 17.6. The number of aromatic nitrogens is 2. The number of aryl methyl sites for hydroxylation is 1. The summed E-state index contributed by atoms with van der Waals surface area (Å²) in [6.45, 7) is 7.98. The molecule has 0 aromatic carbocycles. The number of hydrogen-bond acceptors (Lipinski definition) is 7. The van der Waals surface area contributed by atoms with Crippen molar-refractivity contribution in [1.29, 1.82) is 0 Å². The van der Waals surface area contributed by atoms with E-state index in [9.17, 15) is 4.79 Å². The van der Waals surface area contributed by atoms with E-state index in [-0.39, 0.29) is 5.97 Å². The van der Waals surface area contributed by atoms with Crippen molar-refractivity contribution < 1.29 is 14.3 Å². The zero-order valence-electron chi connectivity index (χ0n) is 15.2. The van der Waals surface area contributed by atoms with Gasteiger partial charge in [-0.05, 0) is 26.2 Å². The number of hydrogen-bond donors (Lipinski definition) is 1. The van der Waals surface area contributed by atoms with Crippen molar-refractivity contribution in [2.45, 2.75) is 51.6 Å². The molecule has 138 valence electrons. The van der Waals surface area contributed by atoms with Gasteiger partial charge in [0.15, 0.2) is 0 Å². The second-order valence-corrected chi connectivity index (χ2v) is 6.59. The predicted molar refractivity (Wildman–Crippen MR) is 94.8 cm³/mol. The minimum Gasteiger partial charge on any atom is -0.462 e. The van der Waals surface area contributed by atoms with Crippen LogP contribution in [-0.4, -0.2) is 65.8 Å². The van der Waals surface area contributed by atoms with E-state index in [1.165, 1.54) is 0 Å². The Morgan fingerprint density at radius 2 is 2.16 bits per heavy atom. The van der Waals surface area contributed by atoms with E-state index in [0.717, 1.165) is 57.8 Å². The molecule has 0 radical (unpaired) electrons. The molecule has 2 aliphatic heterocycles. The van der Waals surface area contributed by atoms with E-state index in [4.69, 9.17) is 9.47 Å². The molecule has 25 heavy (non-hydrogen) atoms. The maximum absolute atomic E-state index is 12.2. The molecule has 0 saturated carbocycles. The number of ether oxygens (including phenoxy) is 2. The zero-order valence-corrected chi connectivity index (χ0v) is 15.2. The monoisotopic (exact) mass is 348 g/mol. The molecule has 1 unspecified atom stereocenters. The highest BCUT2D eigenvalue weighted by molar-refractivity contribution is 5.94. The van der Waals surface area contributed by atoms with Crippen LogP contribution < -0.4 is 5.32 Å². The van der Waals surface area contributed by atoms with Gasteiger partial charge in [0, 0.05) is 44.4 Å². The Labute approximate surface area is 149 Å². The lowest BCUT2D eigenvalue weighted by atomic mass is 10.0. The van der Waals surface area contributed by atoms with E-state index in [1.807, 2.05) is 6.92 Å². The standard InChI is InChI=1S/C18H28N4O3/c1-3-16-19-11-15(18(23)25-4-2)17(21-16)20-13-5-8-22(9-6-13)14-7-10-24-12-14/h11,13-14H,3-10,12H2,1-2H3,(H,19,20,21). The van der Waals surface area contributed by atoms with Crippen LogP contribution in [0.25, 0.3) is 0 Å². The Morgan fingerprint density at radius 1 is 1.36 bits per heavy atom. The molecule has 7 heteroatoms. The Kier molecular flexibility index (Phi) is 6.20. The quantitative estimate of drug-likeness (QED) is 0.787. The summed E-state index contributed by atoms with van der Waals surface area (Å²) < 4.78 is 10.6. The molecule has 2 fully saturated rings. The highest BCUT2D eigenvalue weighted by Gasteiger charge is 2.28. The fourth-order valence-electron chi connectivity index (χ4n) is 3.47. The number of piperidine rings is 1. The smallest absolute Gasteiger partial charge is 0.343 e. The number of likely N-dealkylation sites (tertiary alicyclic amines) is 1. The van der Waals surface area contributed by atoms with Gasteiger partial charge in [0.2, 0.25) is 0 Å². The maximum atomic E-state index is 12.2. The number of anilines is 1. The third kappa shape index (κ3) is 4.46. The molecule has 1 N–H and O–H groups in total. The lowest BCUT2D eigenvalue weighted by molar-refractivity contribution is 0.0526. The van der Waals surface area contributed by atoms with Crippen molar-refractivity contribution in [3.05, 3.63) is 17.6 Å². The third-order valence-electron chi connectivity index (χ3n) is 4.94. The summed E-state index contributed by atoms with van der Waals surface area (Å²) in [5, 5.41) is 3.46. The van der Waals surface area contributed by atoms with Gasteiger partial charge in [-0.15, -0.1) is 0 Å². The summed E-state index contributed by atoms with van der Waals surface area (Å²) >= 11 is 0. The molecular formula is C18H28N4O3. The molecular weight excluding hydrogens is 320 g/mol. The van der Waals surface area contributed by atoms with E-state index in [0.29, 0.717) is 30.1 Å². The normalized spacial score (nSPS) is 22.1. The molecule has 1 atom stereocenters. The van der Waals surface area contributed by atoms with Crippen LogP contribution in [0.15, 0.2) is 6.20 Å². The van der Waals surface area contributed by atoms with Crippen LogP contribution in [0, 0.1) is 0 Å². The first-order valence-corrected chi connectivity index (χ1v) is 9.32. The Morgan fingerprint density at radius 3 is 2.80 bits per heavy atom. The summed E-state index contributed by atoms with van der Waals surface area (Å²) in [5.41, 5.74) is 0.422. The van der Waals surface area contributed by atoms with E-state index >= 15 is 0 Å². The van der Waals surface area contributed by atoms with Crippen molar-refractivity contribution >= 4 is 11.8 Å². The summed E-state index contributed by atoms with van der Waals surface area (Å²) in [7, 11) is 0. The highest BCUT2D eigenvalue weighted by atomic mass is 16.5. The predicted octanol–water partition coefficient (Wildman–Crippen LogP) is 1.88. The SMILES string of the molecule is CCOC(=O)c1cnc(CC)nc1NC1CCN(C2CCOC2)CC1. The van der Waals surface area contributed by atoms with Crippen molar-refractivity contribution in [1.82, 2.24) is 14.9 Å². The molecule has 7 nitrogen and oxygen atoms in total. The number of carbonyl (C=O) groups is 1. The molecule has 2 aliphatic rings. The van der Waals surface area contributed by atoms with Gasteiger partial charge in [0.1, 0.15) is 17.2 Å². The second kappa shape index (κ2) is 8.58. The summed E-state index contributed by atoms with van der Waals surface area (Å²) in [6, 6.07) is 0.883. The van der Waals surface area contributed by atoms with Crippen molar-refractivity contribution in [3.8, 4) is 0 Å². The number of rotatable bonds is 6. The Hall–Kier alpha value is -1.73. The van der Waals surface area contributed by atoms with Gasteiger partial charge in [-0.1, -0.05) is 6.92 Å². The number of nitrogens with one attached hydrogen (secondary N) is 1. The van der Waals surface area contributed by atoms with E-state index in [2.05, 4.69) is 20.2 Å². The molecule has 2 saturated heterocycles. The Bertz CT molecular complexity index is 582. The van der Waals surface area contributed by atoms with Crippen molar-refractivity contribution in [2.75, 3.05) is 38.2 Å².